The number of pyridine rings is 2. The van der Waals surface area contributed by atoms with Gasteiger partial charge in [0, 0.05) is 17.4 Å². The summed E-state index contributed by atoms with van der Waals surface area (Å²) in [4.78, 5) is 25.5. The predicted molar refractivity (Wildman–Crippen MR) is 134 cm³/mol. The molecule has 4 heterocycles. The third kappa shape index (κ3) is 4.90. The summed E-state index contributed by atoms with van der Waals surface area (Å²) in [6.07, 6.45) is 0.545. The molecular weight excluding hydrogens is 494 g/mol. The molecule has 0 spiro atoms. The number of hydrogen-bond donors (Lipinski definition) is 1. The van der Waals surface area contributed by atoms with E-state index in [-0.39, 0.29) is 17.4 Å². The zero-order valence-corrected chi connectivity index (χ0v) is 20.3. The van der Waals surface area contributed by atoms with Crippen LogP contribution >= 0.6 is 0 Å². The molecule has 38 heavy (non-hydrogen) atoms. The Bertz CT molecular complexity index is 1690. The van der Waals surface area contributed by atoms with Crippen LogP contribution in [-0.2, 0) is 0 Å². The Kier molecular flexibility index (Phi) is 6.49. The number of fused-ring (bicyclic) bond motifs is 1. The van der Waals surface area contributed by atoms with E-state index in [4.69, 9.17) is 9.72 Å². The number of hydrogen-bond acceptors (Lipinski definition) is 8. The molecule has 0 aliphatic heterocycles. The lowest BCUT2D eigenvalue weighted by molar-refractivity contribution is 0.0796. The average Bonchev–Trinajstić information content (AvgIpc) is 3.50. The van der Waals surface area contributed by atoms with Gasteiger partial charge in [0.1, 0.15) is 18.2 Å². The number of aromatic nitrogens is 6. The number of anilines is 2. The number of nitriles is 1. The third-order valence-electron chi connectivity index (χ3n) is 5.62. The number of alkyl halides is 2. The Morgan fingerprint density at radius 2 is 1.95 bits per heavy atom. The highest BCUT2D eigenvalue weighted by atomic mass is 19.3. The summed E-state index contributed by atoms with van der Waals surface area (Å²) < 4.78 is 32.8. The predicted octanol–water partition coefficient (Wildman–Crippen LogP) is 4.77. The highest BCUT2D eigenvalue weighted by Gasteiger charge is 2.17. The molecule has 5 aromatic rings. The number of aryl methyl sites for hydroxylation is 1. The Morgan fingerprint density at radius 1 is 1.13 bits per heavy atom. The summed E-state index contributed by atoms with van der Waals surface area (Å²) in [5.74, 6) is 0.774. The Morgan fingerprint density at radius 3 is 2.63 bits per heavy atom. The van der Waals surface area contributed by atoms with Crippen molar-refractivity contribution in [2.24, 2.45) is 0 Å². The summed E-state index contributed by atoms with van der Waals surface area (Å²) in [5, 5.41) is 16.7. The minimum absolute atomic E-state index is 0.113. The van der Waals surface area contributed by atoms with Crippen molar-refractivity contribution in [3.8, 4) is 23.6 Å². The smallest absolute Gasteiger partial charge is 0.272 e. The maximum Gasteiger partial charge on any atom is 0.272 e. The minimum Gasteiger partial charge on any atom is -0.472 e. The number of rotatable bonds is 8. The van der Waals surface area contributed by atoms with Crippen molar-refractivity contribution in [3.05, 3.63) is 78.0 Å². The van der Waals surface area contributed by atoms with Gasteiger partial charge in [-0.2, -0.15) is 10.4 Å². The first-order valence-electron chi connectivity index (χ1n) is 11.4. The van der Waals surface area contributed by atoms with Gasteiger partial charge >= 0.3 is 0 Å². The van der Waals surface area contributed by atoms with E-state index in [2.05, 4.69) is 20.4 Å². The molecule has 0 amide bonds. The van der Waals surface area contributed by atoms with Gasteiger partial charge in [0.15, 0.2) is 23.9 Å². The summed E-state index contributed by atoms with van der Waals surface area (Å²) in [5.41, 5.74) is 4.10. The fourth-order valence-electron chi connectivity index (χ4n) is 3.88. The van der Waals surface area contributed by atoms with Crippen molar-refractivity contribution in [1.29, 1.82) is 5.26 Å². The zero-order chi connectivity index (χ0) is 26.8. The molecule has 0 fully saturated rings. The van der Waals surface area contributed by atoms with Crippen LogP contribution in [-0.4, -0.2) is 48.1 Å². The van der Waals surface area contributed by atoms with Crippen molar-refractivity contribution >= 4 is 28.2 Å². The first-order chi connectivity index (χ1) is 18.3. The summed E-state index contributed by atoms with van der Waals surface area (Å²) in [6, 6.07) is 15.8. The van der Waals surface area contributed by atoms with Gasteiger partial charge in [-0.1, -0.05) is 0 Å². The highest BCUT2D eigenvalue weighted by molar-refractivity contribution is 5.97. The van der Waals surface area contributed by atoms with E-state index >= 15 is 0 Å². The number of imidazole rings is 1. The van der Waals surface area contributed by atoms with Crippen LogP contribution in [0.25, 0.3) is 22.7 Å². The molecule has 12 heteroatoms. The SMILES string of the molecule is CC(=O)c1ccc(-n2cnc3cc(Nc4ccc(OCC(F)F)nc4)ccc32)nc1-n1nc(C#N)cc1C. The monoisotopic (exact) mass is 514 g/mol. The highest BCUT2D eigenvalue weighted by Crippen LogP contribution is 2.25. The van der Waals surface area contributed by atoms with E-state index in [0.717, 1.165) is 11.2 Å². The molecule has 1 aromatic carbocycles. The second-order valence-electron chi connectivity index (χ2n) is 8.32. The van der Waals surface area contributed by atoms with Crippen LogP contribution in [0.3, 0.4) is 0 Å². The van der Waals surface area contributed by atoms with E-state index in [1.807, 2.05) is 24.3 Å². The first kappa shape index (κ1) is 24.5. The summed E-state index contributed by atoms with van der Waals surface area (Å²) >= 11 is 0. The topological polar surface area (TPSA) is 124 Å². The second-order valence-corrected chi connectivity index (χ2v) is 8.32. The van der Waals surface area contributed by atoms with E-state index in [1.54, 1.807) is 42.1 Å². The Balaban J connectivity index is 1.44. The molecule has 190 valence electrons. The second kappa shape index (κ2) is 10.1. The molecule has 0 unspecified atom stereocenters. The molecule has 0 bridgehead atoms. The van der Waals surface area contributed by atoms with Gasteiger partial charge in [-0.15, -0.1) is 0 Å². The van der Waals surface area contributed by atoms with Crippen molar-refractivity contribution in [2.75, 3.05) is 11.9 Å². The van der Waals surface area contributed by atoms with Crippen LogP contribution in [0.15, 0.2) is 61.1 Å². The van der Waals surface area contributed by atoms with Crippen LogP contribution in [0.2, 0.25) is 0 Å². The molecular formula is C26H20F2N8O2. The standard InChI is InChI=1S/C26H20F2N8O2/c1-15-9-19(11-29)34-36(15)26-20(16(2)37)5-7-24(33-26)35-14-31-21-10-17(3-6-22(21)35)32-18-4-8-25(30-12-18)38-13-23(27)28/h3-10,12,14,23,32H,13H2,1-2H3. The normalized spacial score (nSPS) is 11.1. The number of nitrogens with zero attached hydrogens (tertiary/aromatic N) is 7. The molecule has 0 atom stereocenters. The van der Waals surface area contributed by atoms with Crippen LogP contribution < -0.4 is 10.1 Å². The van der Waals surface area contributed by atoms with E-state index in [0.29, 0.717) is 34.1 Å². The quantitative estimate of drug-likeness (QED) is 0.294. The van der Waals surface area contributed by atoms with Crippen LogP contribution in [0, 0.1) is 18.3 Å². The number of nitrogens with one attached hydrogen (secondary N) is 1. The molecule has 4 aromatic heterocycles. The van der Waals surface area contributed by atoms with Crippen LogP contribution in [0.5, 0.6) is 5.88 Å². The van der Waals surface area contributed by atoms with E-state index in [1.165, 1.54) is 23.9 Å². The molecule has 5 rings (SSSR count). The fourth-order valence-corrected chi connectivity index (χ4v) is 3.88. The molecule has 0 radical (unpaired) electrons. The van der Waals surface area contributed by atoms with Crippen molar-refractivity contribution in [3.63, 3.8) is 0 Å². The lowest BCUT2D eigenvalue weighted by Crippen LogP contribution is -2.11. The molecule has 0 saturated heterocycles. The van der Waals surface area contributed by atoms with Crippen LogP contribution in [0.4, 0.5) is 20.2 Å². The summed E-state index contributed by atoms with van der Waals surface area (Å²) in [7, 11) is 0. The Hall–Kier alpha value is -5.18. The molecule has 10 nitrogen and oxygen atoms in total. The van der Waals surface area contributed by atoms with Gasteiger partial charge in [-0.3, -0.25) is 9.36 Å². The summed E-state index contributed by atoms with van der Waals surface area (Å²) in [6.45, 7) is 2.52. The molecule has 0 aliphatic carbocycles. The minimum atomic E-state index is -2.57. The zero-order valence-electron chi connectivity index (χ0n) is 20.3. The van der Waals surface area contributed by atoms with Crippen molar-refractivity contribution in [2.45, 2.75) is 20.3 Å². The van der Waals surface area contributed by atoms with Crippen molar-refractivity contribution < 1.29 is 18.3 Å². The number of carbonyl (C=O) groups is 1. The first-order valence-corrected chi connectivity index (χ1v) is 11.4. The largest absolute Gasteiger partial charge is 0.472 e. The van der Waals surface area contributed by atoms with Gasteiger partial charge in [0.25, 0.3) is 6.43 Å². The Labute approximate surface area is 215 Å². The molecule has 0 saturated carbocycles. The number of carbonyl (C=O) groups excluding carboxylic acids is 1. The number of ether oxygens (including phenoxy) is 1. The van der Waals surface area contributed by atoms with Gasteiger partial charge < -0.3 is 10.1 Å². The van der Waals surface area contributed by atoms with Crippen molar-refractivity contribution in [1.82, 2.24) is 29.3 Å². The van der Waals surface area contributed by atoms with E-state index in [9.17, 15) is 18.8 Å². The lowest BCUT2D eigenvalue weighted by Gasteiger charge is -2.12. The number of halogens is 2. The fraction of sp³-hybridized carbons (Fsp3) is 0.154. The van der Waals surface area contributed by atoms with Crippen LogP contribution in [0.1, 0.15) is 28.7 Å². The lowest BCUT2D eigenvalue weighted by atomic mass is 10.2. The maximum atomic E-state index is 12.3. The third-order valence-corrected chi connectivity index (χ3v) is 5.62. The molecule has 0 aliphatic rings. The van der Waals surface area contributed by atoms with E-state index < -0.39 is 13.0 Å². The molecule has 1 N–H and O–H groups in total. The maximum absolute atomic E-state index is 12.3. The number of Topliss-reactive ketones (excluding diaryl/α,β-unsaturated/α-hetero) is 1. The number of benzene rings is 1. The van der Waals surface area contributed by atoms with Gasteiger partial charge in [-0.05, 0) is 56.3 Å². The van der Waals surface area contributed by atoms with Gasteiger partial charge in [-0.25, -0.2) is 28.4 Å². The van der Waals surface area contributed by atoms with Gasteiger partial charge in [0.05, 0.1) is 28.5 Å². The number of ketones is 1. The average molecular weight is 514 g/mol. The van der Waals surface area contributed by atoms with Gasteiger partial charge in [0.2, 0.25) is 5.88 Å².